The maximum atomic E-state index is 13.0. The first-order chi connectivity index (χ1) is 10.3. The first-order valence-corrected chi connectivity index (χ1v) is 7.67. The maximum Gasteiger partial charge on any atom is 0.258 e. The molecule has 3 aliphatic heterocycles. The van der Waals surface area contributed by atoms with Gasteiger partial charge in [0.2, 0.25) is 0 Å². The van der Waals surface area contributed by atoms with E-state index in [2.05, 4.69) is 12.2 Å². The molecule has 1 N–H and O–H groups in total. The topological polar surface area (TPSA) is 50.8 Å². The van der Waals surface area contributed by atoms with Crippen molar-refractivity contribution in [3.8, 4) is 11.5 Å². The van der Waals surface area contributed by atoms with E-state index in [0.29, 0.717) is 42.2 Å². The van der Waals surface area contributed by atoms with Gasteiger partial charge in [0.05, 0.1) is 5.56 Å². The number of hydrogen-bond donors (Lipinski definition) is 1. The van der Waals surface area contributed by atoms with Crippen LogP contribution in [-0.2, 0) is 0 Å². The van der Waals surface area contributed by atoms with Crippen LogP contribution in [0.1, 0.15) is 23.7 Å². The lowest BCUT2D eigenvalue weighted by atomic mass is 10.0. The lowest BCUT2D eigenvalue weighted by molar-refractivity contribution is 0.0672. The molecule has 3 heterocycles. The van der Waals surface area contributed by atoms with Crippen LogP contribution in [-0.4, -0.2) is 49.2 Å². The van der Waals surface area contributed by atoms with E-state index >= 15 is 0 Å². The number of hydrogen-bond acceptors (Lipinski definition) is 4. The Morgan fingerprint density at radius 2 is 2.14 bits per heavy atom. The normalized spacial score (nSPS) is 30.3. The van der Waals surface area contributed by atoms with Crippen molar-refractivity contribution in [1.29, 1.82) is 0 Å². The van der Waals surface area contributed by atoms with Gasteiger partial charge in [-0.15, -0.1) is 0 Å². The molecule has 5 heteroatoms. The fourth-order valence-corrected chi connectivity index (χ4v) is 3.90. The van der Waals surface area contributed by atoms with E-state index in [1.54, 1.807) is 0 Å². The van der Waals surface area contributed by atoms with Gasteiger partial charge in [-0.25, -0.2) is 0 Å². The smallest absolute Gasteiger partial charge is 0.258 e. The fraction of sp³-hybridized carbons (Fsp3) is 0.562. The largest absolute Gasteiger partial charge is 0.486 e. The van der Waals surface area contributed by atoms with Crippen LogP contribution in [0.5, 0.6) is 11.5 Å². The average molecular weight is 288 g/mol. The highest BCUT2D eigenvalue weighted by Gasteiger charge is 2.45. The fourth-order valence-electron chi connectivity index (χ4n) is 3.90. The Kier molecular flexibility index (Phi) is 3.03. The second-order valence-corrected chi connectivity index (χ2v) is 6.11. The minimum Gasteiger partial charge on any atom is -0.486 e. The van der Waals surface area contributed by atoms with Crippen molar-refractivity contribution in [2.45, 2.75) is 25.4 Å². The summed E-state index contributed by atoms with van der Waals surface area (Å²) in [6.07, 6.45) is 1.08. The van der Waals surface area contributed by atoms with Gasteiger partial charge in [-0.3, -0.25) is 4.79 Å². The van der Waals surface area contributed by atoms with E-state index < -0.39 is 0 Å². The quantitative estimate of drug-likeness (QED) is 0.846. The third kappa shape index (κ3) is 1.99. The molecule has 3 aliphatic rings. The third-order valence-electron chi connectivity index (χ3n) is 4.81. The molecule has 1 aromatic rings. The Labute approximate surface area is 124 Å². The van der Waals surface area contributed by atoms with Gasteiger partial charge >= 0.3 is 0 Å². The minimum absolute atomic E-state index is 0.0704. The number of carbonyl (C=O) groups excluding carboxylic acids is 1. The molecule has 2 saturated heterocycles. The molecule has 3 atom stereocenters. The van der Waals surface area contributed by atoms with E-state index in [1.165, 1.54) is 0 Å². The van der Waals surface area contributed by atoms with Crippen molar-refractivity contribution in [1.82, 2.24) is 10.2 Å². The molecule has 0 saturated carbocycles. The third-order valence-corrected chi connectivity index (χ3v) is 4.81. The zero-order chi connectivity index (χ0) is 14.4. The summed E-state index contributed by atoms with van der Waals surface area (Å²) in [5, 5.41) is 3.39. The summed E-state index contributed by atoms with van der Waals surface area (Å²) in [4.78, 5) is 15.1. The molecule has 0 aliphatic carbocycles. The Morgan fingerprint density at radius 1 is 1.29 bits per heavy atom. The number of rotatable bonds is 1. The number of nitrogens with one attached hydrogen (secondary N) is 1. The van der Waals surface area contributed by atoms with Gasteiger partial charge in [0.15, 0.2) is 11.5 Å². The van der Waals surface area contributed by atoms with Gasteiger partial charge in [0.25, 0.3) is 5.91 Å². The molecule has 5 nitrogen and oxygen atoms in total. The second kappa shape index (κ2) is 4.91. The van der Waals surface area contributed by atoms with Crippen molar-refractivity contribution in [2.75, 3.05) is 26.3 Å². The van der Waals surface area contributed by atoms with Crippen LogP contribution in [0.15, 0.2) is 18.2 Å². The predicted molar refractivity (Wildman–Crippen MR) is 77.8 cm³/mol. The highest BCUT2D eigenvalue weighted by molar-refractivity contribution is 5.98. The standard InChI is InChI=1S/C16H20N2O3/c1-10-7-11-8-17-9-13(11)18(10)16(19)12-3-2-4-14-15(12)21-6-5-20-14/h2-4,10-11,13,17H,5-9H2,1H3. The SMILES string of the molecule is CC1CC2CNCC2N1C(=O)c1cccc2c1OCCO2. The summed E-state index contributed by atoms with van der Waals surface area (Å²) in [6, 6.07) is 6.17. The number of likely N-dealkylation sites (tertiary alicyclic amines) is 1. The first kappa shape index (κ1) is 13.0. The summed E-state index contributed by atoms with van der Waals surface area (Å²) in [6.45, 7) is 5.10. The molecular formula is C16H20N2O3. The molecule has 1 aromatic carbocycles. The molecule has 2 fully saturated rings. The molecule has 112 valence electrons. The summed E-state index contributed by atoms with van der Waals surface area (Å²) < 4.78 is 11.3. The monoisotopic (exact) mass is 288 g/mol. The van der Waals surface area contributed by atoms with Crippen molar-refractivity contribution < 1.29 is 14.3 Å². The van der Waals surface area contributed by atoms with Crippen molar-refractivity contribution in [2.24, 2.45) is 5.92 Å². The Morgan fingerprint density at radius 3 is 3.05 bits per heavy atom. The lowest BCUT2D eigenvalue weighted by Gasteiger charge is -2.29. The number of benzene rings is 1. The number of ether oxygens (including phenoxy) is 2. The molecule has 0 bridgehead atoms. The van der Waals surface area contributed by atoms with Crippen LogP contribution in [0.4, 0.5) is 0 Å². The van der Waals surface area contributed by atoms with Gasteiger partial charge in [0, 0.05) is 25.2 Å². The van der Waals surface area contributed by atoms with Crippen LogP contribution in [0, 0.1) is 5.92 Å². The van der Waals surface area contributed by atoms with Crippen LogP contribution < -0.4 is 14.8 Å². The molecular weight excluding hydrogens is 268 g/mol. The van der Waals surface area contributed by atoms with Crippen LogP contribution >= 0.6 is 0 Å². The Hall–Kier alpha value is -1.75. The zero-order valence-electron chi connectivity index (χ0n) is 12.2. The Bertz CT molecular complexity index is 575. The summed E-state index contributed by atoms with van der Waals surface area (Å²) in [5.74, 6) is 1.94. The zero-order valence-corrected chi connectivity index (χ0v) is 12.2. The van der Waals surface area contributed by atoms with Crippen LogP contribution in [0.3, 0.4) is 0 Å². The summed E-state index contributed by atoms with van der Waals surface area (Å²) in [7, 11) is 0. The summed E-state index contributed by atoms with van der Waals surface area (Å²) in [5.41, 5.74) is 0.631. The molecule has 0 radical (unpaired) electrons. The lowest BCUT2D eigenvalue weighted by Crippen LogP contribution is -2.43. The van der Waals surface area contributed by atoms with Gasteiger partial charge in [-0.05, 0) is 31.4 Å². The molecule has 0 aromatic heterocycles. The van der Waals surface area contributed by atoms with E-state index in [9.17, 15) is 4.79 Å². The van der Waals surface area contributed by atoms with Gasteiger partial charge < -0.3 is 19.7 Å². The van der Waals surface area contributed by atoms with E-state index in [0.717, 1.165) is 19.5 Å². The number of nitrogens with zero attached hydrogens (tertiary/aromatic N) is 1. The van der Waals surface area contributed by atoms with Crippen molar-refractivity contribution >= 4 is 5.91 Å². The summed E-state index contributed by atoms with van der Waals surface area (Å²) >= 11 is 0. The van der Waals surface area contributed by atoms with Crippen LogP contribution in [0.25, 0.3) is 0 Å². The predicted octanol–water partition coefficient (Wildman–Crippen LogP) is 1.28. The van der Waals surface area contributed by atoms with Gasteiger partial charge in [0.1, 0.15) is 13.2 Å². The highest BCUT2D eigenvalue weighted by atomic mass is 16.6. The van der Waals surface area contributed by atoms with Gasteiger partial charge in [-0.1, -0.05) is 6.07 Å². The van der Waals surface area contributed by atoms with Crippen LogP contribution in [0.2, 0.25) is 0 Å². The number of amides is 1. The minimum atomic E-state index is 0.0704. The van der Waals surface area contributed by atoms with Crippen molar-refractivity contribution in [3.05, 3.63) is 23.8 Å². The number of para-hydroxylation sites is 1. The molecule has 4 rings (SSSR count). The second-order valence-electron chi connectivity index (χ2n) is 6.11. The molecule has 0 spiro atoms. The first-order valence-electron chi connectivity index (χ1n) is 7.67. The van der Waals surface area contributed by atoms with Crippen molar-refractivity contribution in [3.63, 3.8) is 0 Å². The van der Waals surface area contributed by atoms with Gasteiger partial charge in [-0.2, -0.15) is 0 Å². The molecule has 21 heavy (non-hydrogen) atoms. The Balaban J connectivity index is 1.69. The molecule has 3 unspecified atom stereocenters. The number of carbonyl (C=O) groups is 1. The molecule has 1 amide bonds. The van der Waals surface area contributed by atoms with E-state index in [-0.39, 0.29) is 11.9 Å². The van der Waals surface area contributed by atoms with E-state index in [1.807, 2.05) is 23.1 Å². The highest BCUT2D eigenvalue weighted by Crippen LogP contribution is 2.38. The average Bonchev–Trinajstić information content (AvgIpc) is 3.06. The van der Waals surface area contributed by atoms with E-state index in [4.69, 9.17) is 9.47 Å². The number of fused-ring (bicyclic) bond motifs is 2. The maximum absolute atomic E-state index is 13.0.